The maximum absolute atomic E-state index is 12.4. The van der Waals surface area contributed by atoms with Gasteiger partial charge in [-0.3, -0.25) is 4.79 Å². The van der Waals surface area contributed by atoms with Gasteiger partial charge in [0.1, 0.15) is 0 Å². The molecular weight excluding hydrogens is 314 g/mol. The number of benzene rings is 2. The second-order valence-electron chi connectivity index (χ2n) is 6.21. The average Bonchev–Trinajstić information content (AvgIpc) is 3.09. The van der Waals surface area contributed by atoms with Crippen molar-refractivity contribution in [3.05, 3.63) is 78.5 Å². The van der Waals surface area contributed by atoms with E-state index in [0.717, 1.165) is 11.3 Å². The van der Waals surface area contributed by atoms with Crippen LogP contribution in [0.4, 0.5) is 0 Å². The van der Waals surface area contributed by atoms with Crippen molar-refractivity contribution in [2.75, 3.05) is 0 Å². The predicted molar refractivity (Wildman–Crippen MR) is 96.6 cm³/mol. The number of carbonyl (C=O) groups excluding carboxylic acids is 1. The minimum absolute atomic E-state index is 0.189. The zero-order valence-electron chi connectivity index (χ0n) is 14.3. The van der Waals surface area contributed by atoms with Gasteiger partial charge in [-0.25, -0.2) is 4.68 Å². The standard InChI is InChI=1S/C20H21N3O2/c1-20(2,19(24)21-15-16-9-5-3-6-10-16)25-18-13-14-23(22-18)17-11-7-4-8-12-17/h3-14H,15H2,1-2H3,(H,21,24). The summed E-state index contributed by atoms with van der Waals surface area (Å²) in [5.74, 6) is 0.217. The molecule has 0 atom stereocenters. The summed E-state index contributed by atoms with van der Waals surface area (Å²) < 4.78 is 7.53. The van der Waals surface area contributed by atoms with E-state index >= 15 is 0 Å². The first-order valence-corrected chi connectivity index (χ1v) is 8.17. The summed E-state index contributed by atoms with van der Waals surface area (Å²) in [5, 5.41) is 7.28. The largest absolute Gasteiger partial charge is 0.460 e. The molecule has 1 heterocycles. The van der Waals surface area contributed by atoms with Crippen molar-refractivity contribution in [3.8, 4) is 11.6 Å². The van der Waals surface area contributed by atoms with Gasteiger partial charge < -0.3 is 10.1 Å². The Morgan fingerprint density at radius 3 is 2.36 bits per heavy atom. The van der Waals surface area contributed by atoms with E-state index in [-0.39, 0.29) is 5.91 Å². The third-order valence-corrected chi connectivity index (χ3v) is 3.79. The SMILES string of the molecule is CC(C)(Oc1ccn(-c2ccccc2)n1)C(=O)NCc1ccccc1. The Hall–Kier alpha value is -3.08. The van der Waals surface area contributed by atoms with Crippen LogP contribution in [0.2, 0.25) is 0 Å². The molecule has 0 saturated heterocycles. The summed E-state index contributed by atoms with van der Waals surface area (Å²) in [6.45, 7) is 3.93. The van der Waals surface area contributed by atoms with Gasteiger partial charge in [0.15, 0.2) is 5.60 Å². The van der Waals surface area contributed by atoms with Gasteiger partial charge in [-0.05, 0) is 31.5 Å². The molecule has 2 aromatic carbocycles. The lowest BCUT2D eigenvalue weighted by molar-refractivity contribution is -0.134. The van der Waals surface area contributed by atoms with Gasteiger partial charge in [-0.2, -0.15) is 0 Å². The van der Waals surface area contributed by atoms with Crippen molar-refractivity contribution in [2.45, 2.75) is 26.0 Å². The molecule has 5 nitrogen and oxygen atoms in total. The number of rotatable bonds is 6. The van der Waals surface area contributed by atoms with Crippen LogP contribution < -0.4 is 10.1 Å². The quantitative estimate of drug-likeness (QED) is 0.751. The van der Waals surface area contributed by atoms with Crippen LogP contribution in [0.25, 0.3) is 5.69 Å². The highest BCUT2D eigenvalue weighted by Gasteiger charge is 2.30. The Labute approximate surface area is 147 Å². The summed E-state index contributed by atoms with van der Waals surface area (Å²) in [6.07, 6.45) is 1.81. The van der Waals surface area contributed by atoms with Crippen LogP contribution in [0.15, 0.2) is 72.9 Å². The van der Waals surface area contributed by atoms with Gasteiger partial charge in [-0.1, -0.05) is 48.5 Å². The highest BCUT2D eigenvalue weighted by atomic mass is 16.5. The minimum atomic E-state index is -1.02. The van der Waals surface area contributed by atoms with Crippen molar-refractivity contribution >= 4 is 5.91 Å². The minimum Gasteiger partial charge on any atom is -0.460 e. The Morgan fingerprint density at radius 1 is 1.04 bits per heavy atom. The molecule has 0 aliphatic rings. The molecule has 25 heavy (non-hydrogen) atoms. The van der Waals surface area contributed by atoms with Crippen LogP contribution in [0, 0.1) is 0 Å². The zero-order valence-corrected chi connectivity index (χ0v) is 14.3. The molecule has 0 unspecified atom stereocenters. The number of hydrogen-bond acceptors (Lipinski definition) is 3. The molecule has 0 aliphatic heterocycles. The first kappa shape index (κ1) is 16.8. The van der Waals surface area contributed by atoms with Gasteiger partial charge in [0.2, 0.25) is 5.88 Å². The summed E-state index contributed by atoms with van der Waals surface area (Å²) in [5.41, 5.74) is 0.952. The molecule has 0 spiro atoms. The Balaban J connectivity index is 1.63. The van der Waals surface area contributed by atoms with E-state index in [0.29, 0.717) is 12.4 Å². The maximum Gasteiger partial charge on any atom is 0.263 e. The average molecular weight is 335 g/mol. The third kappa shape index (κ3) is 4.26. The number of hydrogen-bond donors (Lipinski definition) is 1. The molecular formula is C20H21N3O2. The highest BCUT2D eigenvalue weighted by molar-refractivity contribution is 5.84. The van der Waals surface area contributed by atoms with Gasteiger partial charge >= 0.3 is 0 Å². The van der Waals surface area contributed by atoms with Crippen molar-refractivity contribution in [3.63, 3.8) is 0 Å². The molecule has 0 radical (unpaired) electrons. The normalized spacial score (nSPS) is 11.1. The smallest absolute Gasteiger partial charge is 0.263 e. The number of ether oxygens (including phenoxy) is 1. The molecule has 0 fully saturated rings. The van der Waals surface area contributed by atoms with Gasteiger partial charge in [-0.15, -0.1) is 5.10 Å². The van der Waals surface area contributed by atoms with E-state index in [1.165, 1.54) is 0 Å². The van der Waals surface area contributed by atoms with Gasteiger partial charge in [0.25, 0.3) is 5.91 Å². The molecule has 1 aromatic heterocycles. The highest BCUT2D eigenvalue weighted by Crippen LogP contribution is 2.18. The van der Waals surface area contributed by atoms with Gasteiger partial charge in [0, 0.05) is 18.8 Å². The molecule has 0 bridgehead atoms. The summed E-state index contributed by atoms with van der Waals surface area (Å²) >= 11 is 0. The van der Waals surface area contributed by atoms with E-state index in [1.54, 1.807) is 24.6 Å². The van der Waals surface area contributed by atoms with E-state index in [9.17, 15) is 4.79 Å². The van der Waals surface area contributed by atoms with Crippen molar-refractivity contribution in [2.24, 2.45) is 0 Å². The van der Waals surface area contributed by atoms with E-state index in [1.807, 2.05) is 66.9 Å². The summed E-state index contributed by atoms with van der Waals surface area (Å²) in [7, 11) is 0. The lowest BCUT2D eigenvalue weighted by atomic mass is 10.1. The third-order valence-electron chi connectivity index (χ3n) is 3.79. The first-order chi connectivity index (χ1) is 12.0. The lowest BCUT2D eigenvalue weighted by Crippen LogP contribution is -2.46. The van der Waals surface area contributed by atoms with Crippen LogP contribution >= 0.6 is 0 Å². The van der Waals surface area contributed by atoms with Crippen LogP contribution in [-0.2, 0) is 11.3 Å². The van der Waals surface area contributed by atoms with Crippen LogP contribution in [0.5, 0.6) is 5.88 Å². The van der Waals surface area contributed by atoms with Gasteiger partial charge in [0.05, 0.1) is 5.69 Å². The zero-order chi connectivity index (χ0) is 17.7. The fraction of sp³-hybridized carbons (Fsp3) is 0.200. The van der Waals surface area contributed by atoms with E-state index in [2.05, 4.69) is 10.4 Å². The fourth-order valence-electron chi connectivity index (χ4n) is 2.39. The molecule has 5 heteroatoms. The molecule has 0 aliphatic carbocycles. The topological polar surface area (TPSA) is 56.2 Å². The first-order valence-electron chi connectivity index (χ1n) is 8.17. The molecule has 1 N–H and O–H groups in total. The number of nitrogens with one attached hydrogen (secondary N) is 1. The molecule has 3 rings (SSSR count). The second kappa shape index (κ2) is 7.21. The Morgan fingerprint density at radius 2 is 1.68 bits per heavy atom. The number of nitrogens with zero attached hydrogens (tertiary/aromatic N) is 2. The Kier molecular flexibility index (Phi) is 4.84. The van der Waals surface area contributed by atoms with Crippen LogP contribution in [-0.4, -0.2) is 21.3 Å². The van der Waals surface area contributed by atoms with E-state index in [4.69, 9.17) is 4.74 Å². The maximum atomic E-state index is 12.4. The molecule has 3 aromatic rings. The number of aromatic nitrogens is 2. The monoisotopic (exact) mass is 335 g/mol. The molecule has 0 saturated carbocycles. The summed E-state index contributed by atoms with van der Waals surface area (Å²) in [6, 6.07) is 21.3. The fourth-order valence-corrected chi connectivity index (χ4v) is 2.39. The van der Waals surface area contributed by atoms with Crippen molar-refractivity contribution in [1.29, 1.82) is 0 Å². The number of carbonyl (C=O) groups is 1. The lowest BCUT2D eigenvalue weighted by Gasteiger charge is -2.23. The van der Waals surface area contributed by atoms with Crippen LogP contribution in [0.3, 0.4) is 0 Å². The van der Waals surface area contributed by atoms with E-state index < -0.39 is 5.60 Å². The van der Waals surface area contributed by atoms with Crippen LogP contribution in [0.1, 0.15) is 19.4 Å². The molecule has 1 amide bonds. The molecule has 128 valence electrons. The Bertz CT molecular complexity index is 826. The summed E-state index contributed by atoms with van der Waals surface area (Å²) in [4.78, 5) is 12.4. The predicted octanol–water partition coefficient (Wildman–Crippen LogP) is 3.35. The number of amides is 1. The second-order valence-corrected chi connectivity index (χ2v) is 6.21. The number of para-hydroxylation sites is 1. The van der Waals surface area contributed by atoms with Crippen molar-refractivity contribution < 1.29 is 9.53 Å². The van der Waals surface area contributed by atoms with Crippen molar-refractivity contribution in [1.82, 2.24) is 15.1 Å².